The first-order valence-electron chi connectivity index (χ1n) is 6.30. The van der Waals surface area contributed by atoms with E-state index >= 15 is 0 Å². The number of aryl methyl sites for hydroxylation is 1. The van der Waals surface area contributed by atoms with E-state index in [4.69, 9.17) is 9.84 Å². The lowest BCUT2D eigenvalue weighted by atomic mass is 10.0. The van der Waals surface area contributed by atoms with Crippen LogP contribution in [0.3, 0.4) is 0 Å². The first kappa shape index (κ1) is 13.5. The monoisotopic (exact) mass is 263 g/mol. The van der Waals surface area contributed by atoms with Crippen LogP contribution in [0.5, 0.6) is 0 Å². The Hall–Kier alpha value is -1.88. The van der Waals surface area contributed by atoms with Crippen molar-refractivity contribution in [2.45, 2.75) is 19.8 Å². The third kappa shape index (κ3) is 3.32. The van der Waals surface area contributed by atoms with Gasteiger partial charge in [-0.25, -0.2) is 4.79 Å². The van der Waals surface area contributed by atoms with E-state index in [1.54, 1.807) is 19.1 Å². The fourth-order valence-corrected chi connectivity index (χ4v) is 2.12. The van der Waals surface area contributed by atoms with Crippen LogP contribution in [0.2, 0.25) is 0 Å². The summed E-state index contributed by atoms with van der Waals surface area (Å²) >= 11 is 0. The molecule has 1 aliphatic rings. The topological polar surface area (TPSA) is 75.6 Å². The molecule has 2 N–H and O–H groups in total. The molecule has 5 heteroatoms. The number of hydrogen-bond donors (Lipinski definition) is 2. The zero-order valence-electron chi connectivity index (χ0n) is 10.8. The number of hydrogen-bond acceptors (Lipinski definition) is 3. The maximum atomic E-state index is 12.0. The highest BCUT2D eigenvalue weighted by atomic mass is 16.5. The van der Waals surface area contributed by atoms with Crippen molar-refractivity contribution in [1.82, 2.24) is 0 Å². The highest BCUT2D eigenvalue weighted by Crippen LogP contribution is 2.20. The second-order valence-electron chi connectivity index (χ2n) is 4.74. The zero-order chi connectivity index (χ0) is 13.8. The summed E-state index contributed by atoms with van der Waals surface area (Å²) in [5.74, 6) is -1.15. The number of ether oxygens (including phenoxy) is 1. The largest absolute Gasteiger partial charge is 0.478 e. The molecule has 0 bridgehead atoms. The minimum absolute atomic E-state index is 0.0640. The molecular formula is C14H17NO4. The van der Waals surface area contributed by atoms with Gasteiger partial charge in [0.2, 0.25) is 5.91 Å². The molecule has 0 aromatic heterocycles. The van der Waals surface area contributed by atoms with Gasteiger partial charge in [0.1, 0.15) is 0 Å². The summed E-state index contributed by atoms with van der Waals surface area (Å²) in [5, 5.41) is 11.7. The van der Waals surface area contributed by atoms with Crippen LogP contribution in [0.25, 0.3) is 0 Å². The molecule has 102 valence electrons. The van der Waals surface area contributed by atoms with Crippen LogP contribution in [0.1, 0.15) is 28.8 Å². The Balaban J connectivity index is 2.06. The van der Waals surface area contributed by atoms with Gasteiger partial charge in [-0.3, -0.25) is 4.79 Å². The number of carbonyl (C=O) groups excluding carboxylic acids is 1. The number of carbonyl (C=O) groups is 2. The normalized spacial score (nSPS) is 18.9. The molecule has 0 spiro atoms. The summed E-state index contributed by atoms with van der Waals surface area (Å²) in [6.07, 6.45) is 1.73. The van der Waals surface area contributed by atoms with Gasteiger partial charge in [0.05, 0.1) is 18.1 Å². The molecule has 2 rings (SSSR count). The quantitative estimate of drug-likeness (QED) is 0.875. The van der Waals surface area contributed by atoms with E-state index in [9.17, 15) is 9.59 Å². The van der Waals surface area contributed by atoms with Gasteiger partial charge in [-0.2, -0.15) is 0 Å². The van der Waals surface area contributed by atoms with Crippen molar-refractivity contribution in [2.75, 3.05) is 18.5 Å². The number of nitrogens with one attached hydrogen (secondary N) is 1. The second kappa shape index (κ2) is 5.84. The Morgan fingerprint density at radius 2 is 2.21 bits per heavy atom. The summed E-state index contributed by atoms with van der Waals surface area (Å²) in [4.78, 5) is 22.9. The number of rotatable bonds is 3. The summed E-state index contributed by atoms with van der Waals surface area (Å²) in [5.41, 5.74) is 1.61. The molecule has 1 aromatic carbocycles. The Kier molecular flexibility index (Phi) is 4.16. The van der Waals surface area contributed by atoms with E-state index in [2.05, 4.69) is 5.32 Å². The number of anilines is 1. The zero-order valence-corrected chi connectivity index (χ0v) is 10.8. The molecule has 1 saturated heterocycles. The number of aromatic carboxylic acids is 1. The Labute approximate surface area is 111 Å². The second-order valence-corrected chi connectivity index (χ2v) is 4.74. The molecular weight excluding hydrogens is 246 g/mol. The van der Waals surface area contributed by atoms with Crippen LogP contribution >= 0.6 is 0 Å². The van der Waals surface area contributed by atoms with Crippen molar-refractivity contribution in [1.29, 1.82) is 0 Å². The first-order chi connectivity index (χ1) is 9.08. The van der Waals surface area contributed by atoms with Crippen LogP contribution in [0, 0.1) is 12.8 Å². The highest BCUT2D eigenvalue weighted by molar-refractivity contribution is 5.94. The molecule has 0 radical (unpaired) electrons. The van der Waals surface area contributed by atoms with E-state index in [0.717, 1.165) is 25.0 Å². The van der Waals surface area contributed by atoms with Crippen molar-refractivity contribution in [3.63, 3.8) is 0 Å². The standard InChI is InChI=1S/C14H17NO4/c1-9-7-10(14(17)18)4-5-12(9)15-13(16)11-3-2-6-19-8-11/h4-5,7,11H,2-3,6,8H2,1H3,(H,15,16)(H,17,18). The fraction of sp³-hybridized carbons (Fsp3) is 0.429. The van der Waals surface area contributed by atoms with Gasteiger partial charge in [0.15, 0.2) is 0 Å². The maximum Gasteiger partial charge on any atom is 0.335 e. The Morgan fingerprint density at radius 1 is 1.42 bits per heavy atom. The molecule has 0 saturated carbocycles. The summed E-state index contributed by atoms with van der Waals surface area (Å²) < 4.78 is 5.28. The van der Waals surface area contributed by atoms with Gasteiger partial charge in [-0.15, -0.1) is 0 Å². The molecule has 1 aromatic rings. The van der Waals surface area contributed by atoms with Gasteiger partial charge < -0.3 is 15.2 Å². The van der Waals surface area contributed by atoms with Gasteiger partial charge in [0, 0.05) is 12.3 Å². The molecule has 0 aliphatic carbocycles. The van der Waals surface area contributed by atoms with Gasteiger partial charge in [0.25, 0.3) is 0 Å². The van der Waals surface area contributed by atoms with E-state index < -0.39 is 5.97 Å². The summed E-state index contributed by atoms with van der Waals surface area (Å²) in [6.45, 7) is 2.95. The van der Waals surface area contributed by atoms with Crippen molar-refractivity contribution in [3.05, 3.63) is 29.3 Å². The minimum atomic E-state index is -0.971. The molecule has 1 fully saturated rings. The number of carboxylic acid groups (broad SMARTS) is 1. The fourth-order valence-electron chi connectivity index (χ4n) is 2.12. The maximum absolute atomic E-state index is 12.0. The lowest BCUT2D eigenvalue weighted by Gasteiger charge is -2.21. The molecule has 1 aliphatic heterocycles. The average Bonchev–Trinajstić information content (AvgIpc) is 2.41. The predicted molar refractivity (Wildman–Crippen MR) is 70.3 cm³/mol. The first-order valence-corrected chi connectivity index (χ1v) is 6.30. The minimum Gasteiger partial charge on any atom is -0.478 e. The number of carboxylic acids is 1. The van der Waals surface area contributed by atoms with Gasteiger partial charge in [-0.1, -0.05) is 0 Å². The van der Waals surface area contributed by atoms with E-state index in [0.29, 0.717) is 12.3 Å². The van der Waals surface area contributed by atoms with Gasteiger partial charge >= 0.3 is 5.97 Å². The van der Waals surface area contributed by atoms with E-state index in [-0.39, 0.29) is 17.4 Å². The number of amides is 1. The van der Waals surface area contributed by atoms with E-state index in [1.807, 2.05) is 0 Å². The molecule has 1 amide bonds. The van der Waals surface area contributed by atoms with Crippen LogP contribution in [-0.2, 0) is 9.53 Å². The van der Waals surface area contributed by atoms with Crippen LogP contribution < -0.4 is 5.32 Å². The number of benzene rings is 1. The summed E-state index contributed by atoms with van der Waals surface area (Å²) in [7, 11) is 0. The van der Waals surface area contributed by atoms with Crippen LogP contribution in [-0.4, -0.2) is 30.2 Å². The van der Waals surface area contributed by atoms with Crippen molar-refractivity contribution in [3.8, 4) is 0 Å². The van der Waals surface area contributed by atoms with E-state index in [1.165, 1.54) is 6.07 Å². The van der Waals surface area contributed by atoms with Crippen LogP contribution in [0.15, 0.2) is 18.2 Å². The third-order valence-corrected chi connectivity index (χ3v) is 3.26. The summed E-state index contributed by atoms with van der Waals surface area (Å²) in [6, 6.07) is 4.66. The van der Waals surface area contributed by atoms with Gasteiger partial charge in [-0.05, 0) is 43.5 Å². The SMILES string of the molecule is Cc1cc(C(=O)O)ccc1NC(=O)C1CCCOC1. The Bertz CT molecular complexity index is 492. The molecule has 5 nitrogen and oxygen atoms in total. The van der Waals surface area contributed by atoms with Crippen molar-refractivity contribution >= 4 is 17.6 Å². The third-order valence-electron chi connectivity index (χ3n) is 3.26. The highest BCUT2D eigenvalue weighted by Gasteiger charge is 2.22. The molecule has 1 unspecified atom stereocenters. The van der Waals surface area contributed by atoms with Crippen molar-refractivity contribution in [2.24, 2.45) is 5.92 Å². The van der Waals surface area contributed by atoms with Crippen molar-refractivity contribution < 1.29 is 19.4 Å². The lowest BCUT2D eigenvalue weighted by molar-refractivity contribution is -0.123. The van der Waals surface area contributed by atoms with Crippen LogP contribution in [0.4, 0.5) is 5.69 Å². The average molecular weight is 263 g/mol. The molecule has 1 heterocycles. The molecule has 19 heavy (non-hydrogen) atoms. The lowest BCUT2D eigenvalue weighted by Crippen LogP contribution is -2.30. The predicted octanol–water partition coefficient (Wildman–Crippen LogP) is 2.06. The molecule has 1 atom stereocenters. The smallest absolute Gasteiger partial charge is 0.335 e. The Morgan fingerprint density at radius 3 is 2.79 bits per heavy atom.